The molecule has 0 unspecified atom stereocenters. The zero-order valence-corrected chi connectivity index (χ0v) is 13.5. The van der Waals surface area contributed by atoms with E-state index in [9.17, 15) is 9.18 Å². The molecule has 0 amide bonds. The summed E-state index contributed by atoms with van der Waals surface area (Å²) < 4.78 is 13.1. The van der Waals surface area contributed by atoms with E-state index in [2.05, 4.69) is 15.0 Å². The third kappa shape index (κ3) is 2.92. The van der Waals surface area contributed by atoms with Crippen LogP contribution in [0, 0.1) is 12.9 Å². The molecule has 4 nitrogen and oxygen atoms in total. The van der Waals surface area contributed by atoms with Gasteiger partial charge in [-0.25, -0.2) is 9.97 Å². The van der Waals surface area contributed by atoms with Gasteiger partial charge in [0, 0.05) is 17.3 Å². The van der Waals surface area contributed by atoms with Gasteiger partial charge in [-0.15, -0.1) is 0 Å². The predicted molar refractivity (Wildman–Crippen MR) is 95.7 cm³/mol. The molecule has 0 saturated heterocycles. The number of nitrogens with zero attached hydrogens (tertiary/aromatic N) is 2. The minimum absolute atomic E-state index is 0.174. The smallest absolute Gasteiger partial charge is 0.259 e. The second-order valence-corrected chi connectivity index (χ2v) is 5.89. The molecule has 0 atom stereocenters. The van der Waals surface area contributed by atoms with Gasteiger partial charge in [-0.1, -0.05) is 18.2 Å². The number of aromatic nitrogens is 3. The average molecular weight is 331 g/mol. The summed E-state index contributed by atoms with van der Waals surface area (Å²) >= 11 is 0. The van der Waals surface area contributed by atoms with Crippen molar-refractivity contribution in [3.63, 3.8) is 0 Å². The SMILES string of the molecule is Cc1cc(-c2ccc(F)nc2)cc(-c2nc3ccccc3c(=O)[nH]2)c1. The zero-order chi connectivity index (χ0) is 17.4. The van der Waals surface area contributed by atoms with Crippen LogP contribution in [-0.2, 0) is 0 Å². The van der Waals surface area contributed by atoms with E-state index >= 15 is 0 Å². The number of aryl methyl sites for hydroxylation is 1. The first kappa shape index (κ1) is 15.2. The van der Waals surface area contributed by atoms with Crippen molar-refractivity contribution in [2.45, 2.75) is 6.92 Å². The van der Waals surface area contributed by atoms with Crippen molar-refractivity contribution in [2.24, 2.45) is 0 Å². The maximum atomic E-state index is 13.1. The van der Waals surface area contributed by atoms with Crippen LogP contribution >= 0.6 is 0 Å². The summed E-state index contributed by atoms with van der Waals surface area (Å²) in [5, 5.41) is 0.557. The molecule has 0 aliphatic rings. The first-order chi connectivity index (χ1) is 12.1. The largest absolute Gasteiger partial charge is 0.306 e. The minimum atomic E-state index is -0.517. The highest BCUT2D eigenvalue weighted by Gasteiger charge is 2.09. The Bertz CT molecular complexity index is 1130. The van der Waals surface area contributed by atoms with Crippen LogP contribution in [0.4, 0.5) is 4.39 Å². The molecule has 25 heavy (non-hydrogen) atoms. The van der Waals surface area contributed by atoms with Gasteiger partial charge in [0.1, 0.15) is 5.82 Å². The summed E-state index contributed by atoms with van der Waals surface area (Å²) in [4.78, 5) is 23.4. The van der Waals surface area contributed by atoms with E-state index in [0.29, 0.717) is 16.7 Å². The number of para-hydroxylation sites is 1. The molecular weight excluding hydrogens is 317 g/mol. The number of pyridine rings is 1. The van der Waals surface area contributed by atoms with Crippen LogP contribution in [0.25, 0.3) is 33.4 Å². The maximum absolute atomic E-state index is 13.1. The van der Waals surface area contributed by atoms with Gasteiger partial charge in [0.15, 0.2) is 0 Å². The molecule has 0 fully saturated rings. The molecule has 0 aliphatic heterocycles. The Balaban J connectivity index is 1.88. The lowest BCUT2D eigenvalue weighted by molar-refractivity contribution is 0.584. The molecule has 4 aromatic rings. The van der Waals surface area contributed by atoms with E-state index in [4.69, 9.17) is 0 Å². The fourth-order valence-electron chi connectivity index (χ4n) is 2.86. The fraction of sp³-hybridized carbons (Fsp3) is 0.0500. The average Bonchev–Trinajstić information content (AvgIpc) is 2.62. The van der Waals surface area contributed by atoms with Crippen LogP contribution in [0.1, 0.15) is 5.56 Å². The molecule has 2 aromatic heterocycles. The highest BCUT2D eigenvalue weighted by atomic mass is 19.1. The Morgan fingerprint density at radius 2 is 1.76 bits per heavy atom. The van der Waals surface area contributed by atoms with Crippen LogP contribution in [-0.4, -0.2) is 15.0 Å². The van der Waals surface area contributed by atoms with Crippen LogP contribution in [0.3, 0.4) is 0 Å². The number of aromatic amines is 1. The minimum Gasteiger partial charge on any atom is -0.306 e. The van der Waals surface area contributed by atoms with Crippen molar-refractivity contribution in [3.8, 4) is 22.5 Å². The number of fused-ring (bicyclic) bond motifs is 1. The van der Waals surface area contributed by atoms with Crippen molar-refractivity contribution in [1.82, 2.24) is 15.0 Å². The van der Waals surface area contributed by atoms with Crippen molar-refractivity contribution in [3.05, 3.63) is 82.7 Å². The second kappa shape index (κ2) is 5.94. The Morgan fingerprint density at radius 3 is 2.56 bits per heavy atom. The first-order valence-corrected chi connectivity index (χ1v) is 7.83. The molecular formula is C20H14FN3O. The maximum Gasteiger partial charge on any atom is 0.259 e. The number of nitrogens with one attached hydrogen (secondary N) is 1. The summed E-state index contributed by atoms with van der Waals surface area (Å²) in [6.45, 7) is 1.96. The van der Waals surface area contributed by atoms with Crippen molar-refractivity contribution < 1.29 is 4.39 Å². The highest BCUT2D eigenvalue weighted by molar-refractivity contribution is 5.80. The van der Waals surface area contributed by atoms with Crippen LogP contribution < -0.4 is 5.56 Å². The summed E-state index contributed by atoms with van der Waals surface area (Å²) in [5.74, 6) is -0.0131. The number of halogens is 1. The number of benzene rings is 2. The Labute approximate surface area is 143 Å². The molecule has 0 spiro atoms. The van der Waals surface area contributed by atoms with Crippen LogP contribution in [0.2, 0.25) is 0 Å². The van der Waals surface area contributed by atoms with Crippen LogP contribution in [0.15, 0.2) is 65.6 Å². The standard InChI is InChI=1S/C20H14FN3O/c1-12-8-14(13-6-7-18(21)22-11-13)10-15(9-12)19-23-17-5-3-2-4-16(17)20(25)24-19/h2-11H,1H3,(H,23,24,25). The third-order valence-corrected chi connectivity index (χ3v) is 4.02. The van der Waals surface area contributed by atoms with Gasteiger partial charge in [-0.05, 0) is 54.4 Å². The van der Waals surface area contributed by atoms with Crippen LogP contribution in [0.5, 0.6) is 0 Å². The van der Waals surface area contributed by atoms with E-state index in [1.54, 1.807) is 12.1 Å². The number of rotatable bonds is 2. The molecule has 0 saturated carbocycles. The third-order valence-electron chi connectivity index (χ3n) is 4.02. The molecule has 0 radical (unpaired) electrons. The van der Waals surface area contributed by atoms with Gasteiger partial charge in [-0.3, -0.25) is 4.79 Å². The van der Waals surface area contributed by atoms with E-state index in [-0.39, 0.29) is 5.56 Å². The van der Waals surface area contributed by atoms with Gasteiger partial charge >= 0.3 is 0 Å². The van der Waals surface area contributed by atoms with Gasteiger partial charge < -0.3 is 4.98 Å². The summed E-state index contributed by atoms with van der Waals surface area (Å²) in [7, 11) is 0. The molecule has 2 aromatic carbocycles. The van der Waals surface area contributed by atoms with Gasteiger partial charge in [0.2, 0.25) is 5.95 Å². The lowest BCUT2D eigenvalue weighted by Crippen LogP contribution is -2.09. The topological polar surface area (TPSA) is 58.6 Å². The number of H-pyrrole nitrogens is 1. The Kier molecular flexibility index (Phi) is 3.61. The molecule has 5 heteroatoms. The monoisotopic (exact) mass is 331 g/mol. The molecule has 0 bridgehead atoms. The number of hydrogen-bond donors (Lipinski definition) is 1. The molecule has 2 heterocycles. The van der Waals surface area contributed by atoms with E-state index < -0.39 is 5.95 Å². The van der Waals surface area contributed by atoms with Gasteiger partial charge in [0.25, 0.3) is 5.56 Å². The Hall–Kier alpha value is -3.34. The Morgan fingerprint density at radius 1 is 0.960 bits per heavy atom. The first-order valence-electron chi connectivity index (χ1n) is 7.83. The second-order valence-electron chi connectivity index (χ2n) is 5.89. The molecule has 0 aliphatic carbocycles. The summed E-state index contributed by atoms with van der Waals surface area (Å²) in [6, 6.07) is 16.1. The zero-order valence-electron chi connectivity index (χ0n) is 13.5. The van der Waals surface area contributed by atoms with E-state index in [0.717, 1.165) is 22.3 Å². The fourth-order valence-corrected chi connectivity index (χ4v) is 2.86. The van der Waals surface area contributed by atoms with E-state index in [1.807, 2.05) is 43.3 Å². The van der Waals surface area contributed by atoms with Gasteiger partial charge in [-0.2, -0.15) is 4.39 Å². The molecule has 122 valence electrons. The molecule has 1 N–H and O–H groups in total. The van der Waals surface area contributed by atoms with E-state index in [1.165, 1.54) is 12.3 Å². The lowest BCUT2D eigenvalue weighted by atomic mass is 10.0. The summed E-state index contributed by atoms with van der Waals surface area (Å²) in [5.41, 5.74) is 3.96. The lowest BCUT2D eigenvalue weighted by Gasteiger charge is -2.08. The van der Waals surface area contributed by atoms with Crippen molar-refractivity contribution >= 4 is 10.9 Å². The van der Waals surface area contributed by atoms with Gasteiger partial charge in [0.05, 0.1) is 10.9 Å². The summed E-state index contributed by atoms with van der Waals surface area (Å²) in [6.07, 6.45) is 1.49. The number of hydrogen-bond acceptors (Lipinski definition) is 3. The van der Waals surface area contributed by atoms with Crippen molar-refractivity contribution in [1.29, 1.82) is 0 Å². The normalized spacial score (nSPS) is 11.0. The predicted octanol–water partition coefficient (Wildman–Crippen LogP) is 4.10. The quantitative estimate of drug-likeness (QED) is 0.563. The van der Waals surface area contributed by atoms with Crippen molar-refractivity contribution in [2.75, 3.05) is 0 Å². The highest BCUT2D eigenvalue weighted by Crippen LogP contribution is 2.26. The molecule has 4 rings (SSSR count).